The number of primary amides is 2. The van der Waals surface area contributed by atoms with Crippen molar-refractivity contribution in [3.8, 4) is 5.75 Å². The highest BCUT2D eigenvalue weighted by Gasteiger charge is 2.42. The molecule has 2 aliphatic rings. The second-order valence-corrected chi connectivity index (χ2v) is 24.9. The zero-order valence-electron chi connectivity index (χ0n) is 53.0. The van der Waals surface area contributed by atoms with E-state index in [4.69, 9.17) is 17.2 Å². The van der Waals surface area contributed by atoms with Crippen molar-refractivity contribution in [2.45, 2.75) is 179 Å². The van der Waals surface area contributed by atoms with Gasteiger partial charge in [-0.15, -0.1) is 0 Å². The monoisotopic (exact) mass is 1270 g/mol. The number of rotatable bonds is 19. The number of H-pyrrole nitrogens is 1. The number of aromatic nitrogens is 1. The number of nitrogens with one attached hydrogen (secondary N) is 10. The molecule has 0 saturated carbocycles. The number of hydrogen-bond donors (Lipinski definition) is 14. The van der Waals surface area contributed by atoms with Gasteiger partial charge in [0.25, 0.3) is 0 Å². The van der Waals surface area contributed by atoms with Crippen LogP contribution in [-0.4, -0.2) is 159 Å². The fourth-order valence-corrected chi connectivity index (χ4v) is 11.3. The molecule has 3 aromatic carbocycles. The quantitative estimate of drug-likeness (QED) is 0.0583. The summed E-state index contributed by atoms with van der Waals surface area (Å²) in [5, 5.41) is 35.1. The van der Waals surface area contributed by atoms with Crippen LogP contribution in [0, 0.1) is 17.8 Å². The zero-order valence-corrected chi connectivity index (χ0v) is 53.0. The van der Waals surface area contributed by atoms with Crippen molar-refractivity contribution < 1.29 is 62.6 Å². The van der Waals surface area contributed by atoms with E-state index < -0.39 is 156 Å². The molecule has 27 heteroatoms. The van der Waals surface area contributed by atoms with E-state index in [1.807, 2.05) is 27.7 Å². The number of nitrogens with two attached hydrogens (primary N) is 3. The topological polar surface area (TPSA) is 430 Å². The lowest BCUT2D eigenvalue weighted by molar-refractivity contribution is -0.142. The summed E-state index contributed by atoms with van der Waals surface area (Å²) >= 11 is 0. The van der Waals surface area contributed by atoms with Gasteiger partial charge in [0.05, 0.1) is 6.42 Å². The Morgan fingerprint density at radius 2 is 1.00 bits per heavy atom. The second kappa shape index (κ2) is 34.1. The van der Waals surface area contributed by atoms with Crippen molar-refractivity contribution in [1.82, 2.24) is 57.7 Å². The van der Waals surface area contributed by atoms with Crippen LogP contribution >= 0.6 is 0 Å². The van der Waals surface area contributed by atoms with E-state index in [9.17, 15) is 57.8 Å². The van der Waals surface area contributed by atoms with Crippen LogP contribution < -0.4 is 65.1 Å². The van der Waals surface area contributed by atoms with Crippen molar-refractivity contribution in [2.24, 2.45) is 35.0 Å². The molecule has 17 N–H and O–H groups in total. The molecule has 10 unspecified atom stereocenters. The van der Waals surface area contributed by atoms with E-state index in [2.05, 4.69) is 52.8 Å². The van der Waals surface area contributed by atoms with E-state index in [-0.39, 0.29) is 82.0 Å². The number of carbonyl (C=O) groups excluding carboxylic acids is 12. The van der Waals surface area contributed by atoms with Crippen LogP contribution in [0.25, 0.3) is 10.9 Å². The predicted octanol–water partition coefficient (Wildman–Crippen LogP) is -0.103. The molecule has 92 heavy (non-hydrogen) atoms. The molecule has 2 saturated heterocycles. The summed E-state index contributed by atoms with van der Waals surface area (Å²) in [6, 6.07) is 7.11. The van der Waals surface area contributed by atoms with Gasteiger partial charge >= 0.3 is 0 Å². The van der Waals surface area contributed by atoms with E-state index in [1.54, 1.807) is 74.6 Å². The minimum Gasteiger partial charge on any atom is -0.508 e. The minimum atomic E-state index is -1.85. The number of hydrogen-bond acceptors (Lipinski definition) is 14. The number of amides is 12. The minimum absolute atomic E-state index is 0.0242. The Kier molecular flexibility index (Phi) is 26.6. The number of phenolic OH excluding ortho intramolecular Hbond substituents is 1. The summed E-state index contributed by atoms with van der Waals surface area (Å²) in [5.41, 5.74) is 19.4. The molecule has 0 spiro atoms. The van der Waals surface area contributed by atoms with Gasteiger partial charge in [-0.2, -0.15) is 0 Å². The molecule has 498 valence electrons. The number of aromatic hydroxyl groups is 1. The number of para-hydroxylation sites is 1. The Hall–Kier alpha value is -9.40. The zero-order chi connectivity index (χ0) is 67.3. The average molecular weight is 1280 g/mol. The van der Waals surface area contributed by atoms with Crippen LogP contribution in [0.15, 0.2) is 85.1 Å². The molecule has 2 fully saturated rings. The molecule has 4 aromatic rings. The molecular formula is C65H90N14O13. The number of fused-ring (bicyclic) bond motifs is 2. The largest absolute Gasteiger partial charge is 0.508 e. The van der Waals surface area contributed by atoms with E-state index >= 15 is 4.79 Å². The number of phenols is 1. The molecule has 0 radical (unpaired) electrons. The Morgan fingerprint density at radius 3 is 1.60 bits per heavy atom. The lowest BCUT2D eigenvalue weighted by atomic mass is 9.98. The molecule has 10 atom stereocenters. The van der Waals surface area contributed by atoms with Crippen molar-refractivity contribution in [3.63, 3.8) is 0 Å². The van der Waals surface area contributed by atoms with Crippen molar-refractivity contribution >= 4 is 81.8 Å². The van der Waals surface area contributed by atoms with Crippen LogP contribution in [0.5, 0.6) is 5.75 Å². The standard InChI is InChI=1S/C65H90N14O13/c1-35(2)28-46-59(86)77-51(31-38-14-8-7-9-15-38)65(92)79-27-13-19-52(79)63(90)76-47(29-36(3)4)58(85)74-49(32-40-34-69-43-17-11-10-16-42(40)43)60(87)75-50(33-54(68)82)61(88)70-45(24-25-53(67)81)57(84)73-48(30-39-20-22-41(80)23-21-39)62(89)78-55(37(5)6)64(91)71-44(18-12-26-66)56(83)72-46/h7-11,14-17,20-23,34-37,44-52,55,69,80H,12-13,18-19,24-33,66H2,1-6H3,(H2,67,81)(H2,68,82)(H,70,88)(H,71,91)(H,72,83)(H,73,84)(H,74,85)(H,75,87)(H,76,90)(H,77,86)(H,78,89). The Balaban J connectivity index is 1.46. The van der Waals surface area contributed by atoms with Crippen molar-refractivity contribution in [2.75, 3.05) is 13.1 Å². The maximum absolute atomic E-state index is 15.1. The Morgan fingerprint density at radius 1 is 0.522 bits per heavy atom. The third kappa shape index (κ3) is 21.1. The van der Waals surface area contributed by atoms with Gasteiger partial charge in [-0.05, 0) is 104 Å². The van der Waals surface area contributed by atoms with Gasteiger partial charge in [0.2, 0.25) is 70.9 Å². The number of nitrogens with zero attached hydrogens (tertiary/aromatic N) is 1. The highest BCUT2D eigenvalue weighted by atomic mass is 16.3. The van der Waals surface area contributed by atoms with Gasteiger partial charge in [-0.25, -0.2) is 0 Å². The fraction of sp³-hybridized carbons (Fsp3) is 0.508. The number of carbonyl (C=O) groups is 12. The van der Waals surface area contributed by atoms with E-state index in [0.29, 0.717) is 34.0 Å². The number of benzene rings is 3. The first-order valence-corrected chi connectivity index (χ1v) is 31.4. The lowest BCUT2D eigenvalue weighted by Crippen LogP contribution is -2.62. The van der Waals surface area contributed by atoms with Gasteiger partial charge in [0.15, 0.2) is 0 Å². The molecule has 0 aliphatic carbocycles. The molecule has 12 amide bonds. The van der Waals surface area contributed by atoms with E-state index in [1.165, 1.54) is 29.2 Å². The third-order valence-electron chi connectivity index (χ3n) is 16.1. The van der Waals surface area contributed by atoms with Gasteiger partial charge in [-0.1, -0.05) is 102 Å². The van der Waals surface area contributed by atoms with Crippen LogP contribution in [0.1, 0.15) is 116 Å². The van der Waals surface area contributed by atoms with Crippen LogP contribution in [0.3, 0.4) is 0 Å². The van der Waals surface area contributed by atoms with Gasteiger partial charge < -0.3 is 80.0 Å². The predicted molar refractivity (Wildman–Crippen MR) is 340 cm³/mol. The van der Waals surface area contributed by atoms with Gasteiger partial charge in [-0.3, -0.25) is 57.5 Å². The molecule has 0 bridgehead atoms. The van der Waals surface area contributed by atoms with Gasteiger partial charge in [0.1, 0.15) is 66.2 Å². The molecule has 2 aliphatic heterocycles. The molecular weight excluding hydrogens is 1180 g/mol. The maximum Gasteiger partial charge on any atom is 0.246 e. The van der Waals surface area contributed by atoms with Crippen LogP contribution in [0.2, 0.25) is 0 Å². The number of aromatic amines is 1. The molecule has 1 aromatic heterocycles. The van der Waals surface area contributed by atoms with E-state index in [0.717, 1.165) is 0 Å². The van der Waals surface area contributed by atoms with Crippen LogP contribution in [-0.2, 0) is 76.8 Å². The molecule has 3 heterocycles. The molecule has 6 rings (SSSR count). The summed E-state index contributed by atoms with van der Waals surface area (Å²) < 4.78 is 0. The Bertz CT molecular complexity index is 3260. The second-order valence-electron chi connectivity index (χ2n) is 24.9. The van der Waals surface area contributed by atoms with Crippen molar-refractivity contribution in [1.29, 1.82) is 0 Å². The maximum atomic E-state index is 15.1. The lowest BCUT2D eigenvalue weighted by Gasteiger charge is -2.32. The Labute approximate surface area is 534 Å². The van der Waals surface area contributed by atoms with Gasteiger partial charge in [0, 0.05) is 49.3 Å². The normalized spacial score (nSPS) is 24.1. The smallest absolute Gasteiger partial charge is 0.246 e. The first kappa shape index (κ1) is 71.7. The summed E-state index contributed by atoms with van der Waals surface area (Å²) in [7, 11) is 0. The van der Waals surface area contributed by atoms with Crippen LogP contribution in [0.4, 0.5) is 0 Å². The summed E-state index contributed by atoms with van der Waals surface area (Å²) in [6.07, 6.45) is 0.0637. The highest BCUT2D eigenvalue weighted by Crippen LogP contribution is 2.23. The summed E-state index contributed by atoms with van der Waals surface area (Å²) in [4.78, 5) is 177. The van der Waals surface area contributed by atoms with Crippen molar-refractivity contribution in [3.05, 3.63) is 102 Å². The SMILES string of the molecule is CC(C)CC1NC(=O)C(CCCN)NC(=O)C(C(C)C)NC(=O)C(Cc2ccc(O)cc2)NC(=O)C(CCC(N)=O)NC(=O)C(CC(N)=O)NC(=O)C(Cc2c[nH]c3ccccc23)NC(=O)C(CC(C)C)NC(=O)C2CCCN2C(=O)C(Cc2ccccc2)NC1=O. The first-order chi connectivity index (χ1) is 43.7. The summed E-state index contributed by atoms with van der Waals surface area (Å²) in [6.45, 7) is 10.7. The highest BCUT2D eigenvalue weighted by molar-refractivity contribution is 6.01. The molecule has 27 nitrogen and oxygen atoms in total. The third-order valence-corrected chi connectivity index (χ3v) is 16.1. The fourth-order valence-electron chi connectivity index (χ4n) is 11.3. The summed E-state index contributed by atoms with van der Waals surface area (Å²) in [5.74, 6) is -11.9. The average Bonchev–Trinajstić information content (AvgIpc) is 1.77. The first-order valence-electron chi connectivity index (χ1n) is 31.4.